The average Bonchev–Trinajstić information content (AvgIpc) is 3.18. The number of hydrogen-bond acceptors (Lipinski definition) is 6. The van der Waals surface area contributed by atoms with E-state index in [4.69, 9.17) is 4.74 Å². The molecule has 0 bridgehead atoms. The van der Waals surface area contributed by atoms with Crippen LogP contribution in [0.25, 0.3) is 10.9 Å². The Morgan fingerprint density at radius 1 is 0.968 bits per heavy atom. The maximum atomic E-state index is 13.5. The second kappa shape index (κ2) is 7.69. The van der Waals surface area contributed by atoms with Crippen molar-refractivity contribution in [1.29, 1.82) is 0 Å². The largest absolute Gasteiger partial charge is 0.497 e. The Hall–Kier alpha value is -3.98. The van der Waals surface area contributed by atoms with Gasteiger partial charge in [0.1, 0.15) is 17.0 Å². The Morgan fingerprint density at radius 3 is 2.32 bits per heavy atom. The molecule has 1 aromatic heterocycles. The van der Waals surface area contributed by atoms with Crippen molar-refractivity contribution < 1.29 is 22.9 Å². The quantitative estimate of drug-likeness (QED) is 0.257. The topological polar surface area (TPSA) is 109 Å². The van der Waals surface area contributed by atoms with Crippen molar-refractivity contribution in [2.75, 3.05) is 7.11 Å². The van der Waals surface area contributed by atoms with Gasteiger partial charge in [0.05, 0.1) is 22.4 Å². The first-order valence-electron chi connectivity index (χ1n) is 9.13. The van der Waals surface area contributed by atoms with Crippen LogP contribution in [0.4, 0.5) is 5.69 Å². The highest BCUT2D eigenvalue weighted by Gasteiger charge is 2.30. The molecule has 0 saturated carbocycles. The van der Waals surface area contributed by atoms with Gasteiger partial charge < -0.3 is 4.74 Å². The molecule has 4 aromatic rings. The monoisotopic (exact) mass is 436 g/mol. The minimum atomic E-state index is -4.17. The van der Waals surface area contributed by atoms with E-state index < -0.39 is 26.4 Å². The second-order valence-electron chi connectivity index (χ2n) is 6.64. The number of nitro benzene ring substituents is 1. The molecule has 0 aliphatic heterocycles. The van der Waals surface area contributed by atoms with Crippen LogP contribution in [-0.4, -0.2) is 30.2 Å². The van der Waals surface area contributed by atoms with Gasteiger partial charge in [0.2, 0.25) is 5.78 Å². The van der Waals surface area contributed by atoms with Gasteiger partial charge in [-0.3, -0.25) is 14.9 Å². The highest BCUT2D eigenvalue weighted by atomic mass is 32.2. The number of methoxy groups -OCH3 is 1. The molecule has 0 fully saturated rings. The lowest BCUT2D eigenvalue weighted by atomic mass is 10.1. The number of rotatable bonds is 6. The van der Waals surface area contributed by atoms with E-state index in [-0.39, 0.29) is 21.7 Å². The fraction of sp³-hybridized carbons (Fsp3) is 0.0455. The molecule has 4 rings (SSSR count). The summed E-state index contributed by atoms with van der Waals surface area (Å²) in [6.45, 7) is 0. The number of nitrogens with zero attached hydrogens (tertiary/aromatic N) is 2. The molecule has 0 saturated heterocycles. The van der Waals surface area contributed by atoms with Crippen LogP contribution >= 0.6 is 0 Å². The summed E-state index contributed by atoms with van der Waals surface area (Å²) in [6, 6.07) is 19.2. The molecule has 0 amide bonds. The predicted octanol–water partition coefficient (Wildman–Crippen LogP) is 4.03. The second-order valence-corrected chi connectivity index (χ2v) is 8.43. The molecule has 3 aromatic carbocycles. The summed E-state index contributed by atoms with van der Waals surface area (Å²) in [5, 5.41) is 11.9. The van der Waals surface area contributed by atoms with Gasteiger partial charge >= 0.3 is 0 Å². The minimum Gasteiger partial charge on any atom is -0.497 e. The van der Waals surface area contributed by atoms with Gasteiger partial charge in [0.15, 0.2) is 0 Å². The van der Waals surface area contributed by atoms with Gasteiger partial charge in [-0.15, -0.1) is 0 Å². The summed E-state index contributed by atoms with van der Waals surface area (Å²) < 4.78 is 33.1. The third kappa shape index (κ3) is 3.44. The maximum absolute atomic E-state index is 13.5. The zero-order valence-corrected chi connectivity index (χ0v) is 17.1. The van der Waals surface area contributed by atoms with Gasteiger partial charge in [0, 0.05) is 11.5 Å². The van der Waals surface area contributed by atoms with Crippen LogP contribution in [0.15, 0.2) is 83.8 Å². The molecule has 0 N–H and O–H groups in total. The molecule has 0 unspecified atom stereocenters. The van der Waals surface area contributed by atoms with E-state index >= 15 is 0 Å². The molecule has 8 nitrogen and oxygen atoms in total. The zero-order valence-electron chi connectivity index (χ0n) is 16.3. The summed E-state index contributed by atoms with van der Waals surface area (Å²) in [5.74, 6) is -0.298. The number of ketones is 1. The molecule has 9 heteroatoms. The van der Waals surface area contributed by atoms with Crippen LogP contribution in [-0.2, 0) is 10.0 Å². The number of benzene rings is 3. The van der Waals surface area contributed by atoms with Gasteiger partial charge in [-0.1, -0.05) is 30.3 Å². The summed E-state index contributed by atoms with van der Waals surface area (Å²) in [4.78, 5) is 24.1. The fourth-order valence-corrected chi connectivity index (χ4v) is 4.90. The van der Waals surface area contributed by atoms with Crippen LogP contribution in [0.3, 0.4) is 0 Å². The molecule has 156 valence electrons. The number of hydrogen-bond donors (Lipinski definition) is 0. The fourth-order valence-electron chi connectivity index (χ4n) is 3.37. The van der Waals surface area contributed by atoms with Gasteiger partial charge in [-0.25, -0.2) is 12.4 Å². The predicted molar refractivity (Wildman–Crippen MR) is 114 cm³/mol. The van der Waals surface area contributed by atoms with Crippen LogP contribution < -0.4 is 4.74 Å². The van der Waals surface area contributed by atoms with Gasteiger partial charge in [0.25, 0.3) is 15.7 Å². The van der Waals surface area contributed by atoms with Crippen LogP contribution in [0.5, 0.6) is 5.75 Å². The van der Waals surface area contributed by atoms with E-state index in [0.29, 0.717) is 11.1 Å². The van der Waals surface area contributed by atoms with E-state index in [1.165, 1.54) is 55.6 Å². The smallest absolute Gasteiger partial charge is 0.280 e. The third-order valence-corrected chi connectivity index (χ3v) is 6.57. The zero-order chi connectivity index (χ0) is 22.2. The number of ether oxygens (including phenoxy) is 1. The maximum Gasteiger partial charge on any atom is 0.280 e. The van der Waals surface area contributed by atoms with Crippen molar-refractivity contribution >= 4 is 32.4 Å². The number of aromatic nitrogens is 1. The molecule has 0 atom stereocenters. The Kier molecular flexibility index (Phi) is 5.04. The van der Waals surface area contributed by atoms with E-state index in [2.05, 4.69) is 0 Å². The van der Waals surface area contributed by atoms with Crippen molar-refractivity contribution in [3.05, 3.63) is 100 Å². The van der Waals surface area contributed by atoms with Crippen molar-refractivity contribution in [1.82, 2.24) is 3.97 Å². The van der Waals surface area contributed by atoms with Crippen LogP contribution in [0.2, 0.25) is 0 Å². The van der Waals surface area contributed by atoms with Crippen molar-refractivity contribution in [3.63, 3.8) is 0 Å². The van der Waals surface area contributed by atoms with Crippen molar-refractivity contribution in [2.45, 2.75) is 4.90 Å². The number of para-hydroxylation sites is 1. The number of nitro groups is 1. The number of carbonyl (C=O) groups excluding carboxylic acids is 1. The Morgan fingerprint density at radius 2 is 1.65 bits per heavy atom. The molecule has 0 spiro atoms. The van der Waals surface area contributed by atoms with E-state index in [0.717, 1.165) is 3.97 Å². The molecule has 1 heterocycles. The molecule has 0 aliphatic carbocycles. The Bertz CT molecular complexity index is 1430. The first-order chi connectivity index (χ1) is 14.8. The molecular formula is C22H16N2O6S. The van der Waals surface area contributed by atoms with E-state index in [1.54, 1.807) is 30.3 Å². The number of carbonyl (C=O) groups is 1. The van der Waals surface area contributed by atoms with Crippen LogP contribution in [0, 0.1) is 10.1 Å². The van der Waals surface area contributed by atoms with Gasteiger partial charge in [-0.2, -0.15) is 0 Å². The standard InChI is InChI=1S/C22H16N2O6S/c1-30-16-11-12-19-15(13-16)14-21(22(25)18-9-5-6-10-20(18)24(26)27)23(19)31(28,29)17-7-3-2-4-8-17/h2-14H,1H3. The van der Waals surface area contributed by atoms with Crippen LogP contribution in [0.1, 0.15) is 16.1 Å². The van der Waals surface area contributed by atoms with Gasteiger partial charge in [-0.05, 0) is 42.5 Å². The number of fused-ring (bicyclic) bond motifs is 1. The SMILES string of the molecule is COc1ccc2c(c1)cc(C(=O)c1ccccc1[N+](=O)[O-])n2S(=O)(=O)c1ccccc1. The lowest BCUT2D eigenvalue weighted by molar-refractivity contribution is -0.385. The summed E-state index contributed by atoms with van der Waals surface area (Å²) in [6.07, 6.45) is 0. The first-order valence-corrected chi connectivity index (χ1v) is 10.6. The third-order valence-electron chi connectivity index (χ3n) is 4.82. The first kappa shape index (κ1) is 20.3. The Balaban J connectivity index is 2.03. The lowest BCUT2D eigenvalue weighted by Gasteiger charge is -2.12. The molecule has 31 heavy (non-hydrogen) atoms. The normalized spacial score (nSPS) is 11.4. The minimum absolute atomic E-state index is 0.0140. The van der Waals surface area contributed by atoms with Crippen molar-refractivity contribution in [3.8, 4) is 5.75 Å². The van der Waals surface area contributed by atoms with E-state index in [1.807, 2.05) is 0 Å². The highest BCUT2D eigenvalue weighted by Crippen LogP contribution is 2.31. The summed E-state index contributed by atoms with van der Waals surface area (Å²) in [5.41, 5.74) is -0.557. The van der Waals surface area contributed by atoms with E-state index in [9.17, 15) is 23.3 Å². The molecule has 0 radical (unpaired) electrons. The summed E-state index contributed by atoms with van der Waals surface area (Å²) in [7, 11) is -2.70. The molecular weight excluding hydrogens is 420 g/mol. The summed E-state index contributed by atoms with van der Waals surface area (Å²) >= 11 is 0. The average molecular weight is 436 g/mol. The molecule has 0 aliphatic rings. The van der Waals surface area contributed by atoms with Crippen molar-refractivity contribution in [2.24, 2.45) is 0 Å². The highest BCUT2D eigenvalue weighted by molar-refractivity contribution is 7.90. The Labute approximate surface area is 177 Å². The lowest BCUT2D eigenvalue weighted by Crippen LogP contribution is -2.19.